The van der Waals surface area contributed by atoms with E-state index in [1.165, 1.54) is 17.8 Å². The minimum atomic E-state index is -0.328. The van der Waals surface area contributed by atoms with Crippen LogP contribution in [-0.2, 0) is 22.4 Å². The standard InChI is InChI=1S/C21H26N4O3S/c26-18(22-11-10-15-6-2-1-3-7-15)12-17-13-19(27)25-21(24-17)29-14-20(28)23-16-8-4-5-9-16/h1-3,6-7,13,16H,4-5,8-12,14H2,(H,22,26)(H,23,28)(H,24,25,27). The maximum Gasteiger partial charge on any atom is 0.251 e. The lowest BCUT2D eigenvalue weighted by Gasteiger charge is -2.11. The Kier molecular flexibility index (Phi) is 7.86. The lowest BCUT2D eigenvalue weighted by Crippen LogP contribution is -2.34. The summed E-state index contributed by atoms with van der Waals surface area (Å²) < 4.78 is 0. The van der Waals surface area contributed by atoms with Gasteiger partial charge < -0.3 is 15.6 Å². The van der Waals surface area contributed by atoms with Crippen molar-refractivity contribution in [1.82, 2.24) is 20.6 Å². The van der Waals surface area contributed by atoms with Crippen molar-refractivity contribution >= 4 is 23.6 Å². The van der Waals surface area contributed by atoms with Crippen LogP contribution in [0.4, 0.5) is 0 Å². The molecule has 1 aromatic carbocycles. The zero-order valence-electron chi connectivity index (χ0n) is 16.3. The summed E-state index contributed by atoms with van der Waals surface area (Å²) in [4.78, 5) is 43.0. The molecule has 2 aromatic rings. The van der Waals surface area contributed by atoms with Gasteiger partial charge in [0.25, 0.3) is 5.56 Å². The zero-order chi connectivity index (χ0) is 20.5. The lowest BCUT2D eigenvalue weighted by molar-refractivity contribution is -0.120. The number of hydrogen-bond acceptors (Lipinski definition) is 5. The second-order valence-corrected chi connectivity index (χ2v) is 8.11. The van der Waals surface area contributed by atoms with Gasteiger partial charge >= 0.3 is 0 Å². The molecule has 1 aliphatic carbocycles. The van der Waals surface area contributed by atoms with E-state index in [9.17, 15) is 14.4 Å². The van der Waals surface area contributed by atoms with Gasteiger partial charge in [0.2, 0.25) is 11.8 Å². The van der Waals surface area contributed by atoms with Crippen molar-refractivity contribution in [3.05, 3.63) is 58.0 Å². The minimum Gasteiger partial charge on any atom is -0.355 e. The van der Waals surface area contributed by atoms with Crippen LogP contribution in [0.2, 0.25) is 0 Å². The number of amides is 2. The van der Waals surface area contributed by atoms with Crippen LogP contribution in [0.3, 0.4) is 0 Å². The number of carbonyl (C=O) groups excluding carboxylic acids is 2. The molecule has 7 nitrogen and oxygen atoms in total. The number of nitrogens with zero attached hydrogens (tertiary/aromatic N) is 1. The van der Waals surface area contributed by atoms with Crippen LogP contribution in [0, 0.1) is 0 Å². The molecule has 1 fully saturated rings. The first-order chi connectivity index (χ1) is 14.1. The normalized spacial score (nSPS) is 13.9. The average molecular weight is 415 g/mol. The molecule has 154 valence electrons. The van der Waals surface area contributed by atoms with Gasteiger partial charge in [-0.3, -0.25) is 14.4 Å². The Hall–Kier alpha value is -2.61. The lowest BCUT2D eigenvalue weighted by atomic mass is 10.1. The van der Waals surface area contributed by atoms with Crippen LogP contribution in [0.5, 0.6) is 0 Å². The smallest absolute Gasteiger partial charge is 0.251 e. The Morgan fingerprint density at radius 1 is 1.14 bits per heavy atom. The van der Waals surface area contributed by atoms with Gasteiger partial charge in [0, 0.05) is 18.7 Å². The SMILES string of the molecule is O=C(Cc1cc(=O)[nH]c(SCC(=O)NC2CCCC2)n1)NCCc1ccccc1. The van der Waals surface area contributed by atoms with Crippen molar-refractivity contribution < 1.29 is 9.59 Å². The summed E-state index contributed by atoms with van der Waals surface area (Å²) in [5, 5.41) is 6.20. The second kappa shape index (κ2) is 10.8. The molecule has 2 amide bonds. The van der Waals surface area contributed by atoms with E-state index in [1.54, 1.807) is 0 Å². The molecule has 0 atom stereocenters. The average Bonchev–Trinajstić information content (AvgIpc) is 3.20. The fourth-order valence-electron chi connectivity index (χ4n) is 3.33. The first-order valence-electron chi connectivity index (χ1n) is 9.91. The maximum absolute atomic E-state index is 12.2. The number of H-pyrrole nitrogens is 1. The molecular formula is C21H26N4O3S. The van der Waals surface area contributed by atoms with E-state index < -0.39 is 0 Å². The minimum absolute atomic E-state index is 0.0283. The Morgan fingerprint density at radius 3 is 2.66 bits per heavy atom. The fourth-order valence-corrected chi connectivity index (χ4v) is 4.04. The van der Waals surface area contributed by atoms with E-state index in [2.05, 4.69) is 20.6 Å². The first-order valence-corrected chi connectivity index (χ1v) is 10.9. The summed E-state index contributed by atoms with van der Waals surface area (Å²) in [6, 6.07) is 11.5. The molecule has 0 bridgehead atoms. The third-order valence-electron chi connectivity index (χ3n) is 4.75. The molecule has 0 radical (unpaired) electrons. The molecule has 3 N–H and O–H groups in total. The predicted octanol–water partition coefficient (Wildman–Crippen LogP) is 1.82. The molecule has 1 aliphatic rings. The highest BCUT2D eigenvalue weighted by Crippen LogP contribution is 2.18. The van der Waals surface area contributed by atoms with Gasteiger partial charge in [0.15, 0.2) is 5.16 Å². The largest absolute Gasteiger partial charge is 0.355 e. The fraction of sp³-hybridized carbons (Fsp3) is 0.429. The van der Waals surface area contributed by atoms with Gasteiger partial charge in [-0.15, -0.1) is 0 Å². The van der Waals surface area contributed by atoms with Crippen LogP contribution < -0.4 is 16.2 Å². The van der Waals surface area contributed by atoms with Crippen molar-refractivity contribution in [2.45, 2.75) is 49.7 Å². The highest BCUT2D eigenvalue weighted by molar-refractivity contribution is 7.99. The van der Waals surface area contributed by atoms with Gasteiger partial charge in [0.1, 0.15) is 0 Å². The van der Waals surface area contributed by atoms with E-state index in [0.29, 0.717) is 17.4 Å². The number of rotatable bonds is 9. The monoisotopic (exact) mass is 414 g/mol. The molecule has 0 saturated heterocycles. The van der Waals surface area contributed by atoms with Crippen molar-refractivity contribution in [3.63, 3.8) is 0 Å². The number of thioether (sulfide) groups is 1. The van der Waals surface area contributed by atoms with Crippen molar-refractivity contribution in [3.8, 4) is 0 Å². The number of hydrogen-bond donors (Lipinski definition) is 3. The van der Waals surface area contributed by atoms with Crippen molar-refractivity contribution in [2.75, 3.05) is 12.3 Å². The summed E-state index contributed by atoms with van der Waals surface area (Å²) in [6.45, 7) is 0.523. The molecular weight excluding hydrogens is 388 g/mol. The summed E-state index contributed by atoms with van der Waals surface area (Å²) in [5.41, 5.74) is 1.21. The number of benzene rings is 1. The Labute approximate surface area is 174 Å². The van der Waals surface area contributed by atoms with Gasteiger partial charge in [-0.2, -0.15) is 0 Å². The van der Waals surface area contributed by atoms with Gasteiger partial charge in [0.05, 0.1) is 17.9 Å². The topological polar surface area (TPSA) is 104 Å². The third-order valence-corrected chi connectivity index (χ3v) is 5.63. The summed E-state index contributed by atoms with van der Waals surface area (Å²) >= 11 is 1.17. The highest BCUT2D eigenvalue weighted by atomic mass is 32.2. The number of nitrogens with one attached hydrogen (secondary N) is 3. The van der Waals surface area contributed by atoms with Gasteiger partial charge in [-0.25, -0.2) is 4.98 Å². The van der Waals surface area contributed by atoms with Gasteiger partial charge in [-0.1, -0.05) is 54.9 Å². The summed E-state index contributed by atoms with van der Waals surface area (Å²) in [7, 11) is 0. The molecule has 1 aromatic heterocycles. The van der Waals surface area contributed by atoms with Crippen molar-refractivity contribution in [1.29, 1.82) is 0 Å². The van der Waals surface area contributed by atoms with E-state index >= 15 is 0 Å². The Balaban J connectivity index is 1.45. The predicted molar refractivity (Wildman–Crippen MR) is 113 cm³/mol. The first kappa shape index (κ1) is 21.1. The van der Waals surface area contributed by atoms with E-state index in [4.69, 9.17) is 0 Å². The molecule has 1 heterocycles. The van der Waals surface area contributed by atoms with Crippen LogP contribution in [0.25, 0.3) is 0 Å². The van der Waals surface area contributed by atoms with Crippen molar-refractivity contribution in [2.24, 2.45) is 0 Å². The molecule has 8 heteroatoms. The number of aromatic nitrogens is 2. The van der Waals surface area contributed by atoms with Crippen LogP contribution in [0.15, 0.2) is 46.3 Å². The number of carbonyl (C=O) groups is 2. The van der Waals surface area contributed by atoms with Crippen LogP contribution in [-0.4, -0.2) is 40.1 Å². The molecule has 0 unspecified atom stereocenters. The Bertz CT molecular complexity index is 879. The molecule has 0 spiro atoms. The second-order valence-electron chi connectivity index (χ2n) is 7.14. The molecule has 0 aliphatic heterocycles. The van der Waals surface area contributed by atoms with Crippen LogP contribution in [0.1, 0.15) is 36.9 Å². The molecule has 3 rings (SSSR count). The van der Waals surface area contributed by atoms with Crippen LogP contribution >= 0.6 is 11.8 Å². The Morgan fingerprint density at radius 2 is 1.90 bits per heavy atom. The van der Waals surface area contributed by atoms with E-state index in [0.717, 1.165) is 37.7 Å². The van der Waals surface area contributed by atoms with E-state index in [-0.39, 0.29) is 35.6 Å². The van der Waals surface area contributed by atoms with Gasteiger partial charge in [-0.05, 0) is 24.8 Å². The molecule has 29 heavy (non-hydrogen) atoms. The third kappa shape index (κ3) is 7.38. The van der Waals surface area contributed by atoms with E-state index in [1.807, 2.05) is 30.3 Å². The molecule has 1 saturated carbocycles. The summed E-state index contributed by atoms with van der Waals surface area (Å²) in [6.07, 6.45) is 5.14. The highest BCUT2D eigenvalue weighted by Gasteiger charge is 2.17. The maximum atomic E-state index is 12.2. The summed E-state index contributed by atoms with van der Waals surface area (Å²) in [5.74, 6) is -0.0610. The number of aromatic amines is 1. The zero-order valence-corrected chi connectivity index (χ0v) is 17.1. The quantitative estimate of drug-likeness (QED) is 0.429.